The molecule has 0 saturated heterocycles. The molecule has 0 saturated carbocycles. The summed E-state index contributed by atoms with van der Waals surface area (Å²) < 4.78 is 16.6. The molecule has 0 amide bonds. The zero-order chi connectivity index (χ0) is 41.9. The maximum atomic E-state index is 7.32. The smallest absolute Gasteiger partial charge is 0.507 e. The van der Waals surface area contributed by atoms with E-state index in [4.69, 9.17) is 19.5 Å². The zero-order valence-corrected chi connectivity index (χ0v) is 40.1. The summed E-state index contributed by atoms with van der Waals surface area (Å²) in [6.07, 6.45) is 2.80. The van der Waals surface area contributed by atoms with Gasteiger partial charge in [0, 0.05) is 45.9 Å². The summed E-state index contributed by atoms with van der Waals surface area (Å²) in [6, 6.07) is 25.9. The molecule has 4 aromatic carbocycles. The number of aromatic nitrogens is 2. The Morgan fingerprint density at radius 1 is 0.712 bits per heavy atom. The molecule has 6 heteroatoms. The van der Waals surface area contributed by atoms with E-state index in [0.29, 0.717) is 17.4 Å². The van der Waals surface area contributed by atoms with Crippen LogP contribution >= 0.6 is 0 Å². The van der Waals surface area contributed by atoms with Crippen molar-refractivity contribution in [1.29, 1.82) is 0 Å². The number of benzene rings is 4. The van der Waals surface area contributed by atoms with E-state index in [1.807, 2.05) is 6.20 Å². The van der Waals surface area contributed by atoms with Crippen LogP contribution < -0.4 is 4.74 Å². The topological polar surface area (TPSA) is 48.6 Å². The van der Waals surface area contributed by atoms with Crippen molar-refractivity contribution in [2.45, 2.75) is 145 Å². The van der Waals surface area contributed by atoms with Gasteiger partial charge in [-0.05, 0) is 89.5 Å². The summed E-state index contributed by atoms with van der Waals surface area (Å²) in [5.74, 6) is 1.91. The van der Waals surface area contributed by atoms with Gasteiger partial charge in [-0.15, -0.1) is 28.8 Å². The van der Waals surface area contributed by atoms with Crippen molar-refractivity contribution in [2.75, 3.05) is 0 Å². The first-order chi connectivity index (χ1) is 26.8. The largest absolute Gasteiger partial charge is 2.00 e. The van der Waals surface area contributed by atoms with E-state index in [-0.39, 0.29) is 42.7 Å². The van der Waals surface area contributed by atoms with Gasteiger partial charge in [0.2, 0.25) is 0 Å². The summed E-state index contributed by atoms with van der Waals surface area (Å²) in [4.78, 5) is 10.6. The average Bonchev–Trinajstić information content (AvgIpc) is 3.69. The van der Waals surface area contributed by atoms with E-state index < -0.39 is 11.1 Å². The number of aliphatic imine (C=N–C) groups is 1. The Morgan fingerprint density at radius 3 is 2.02 bits per heavy atom. The van der Waals surface area contributed by atoms with Gasteiger partial charge < -0.3 is 14.0 Å². The molecule has 0 unspecified atom stereocenters. The Kier molecular flexibility index (Phi) is 9.08. The van der Waals surface area contributed by atoms with Crippen LogP contribution in [0.3, 0.4) is 0 Å². The van der Waals surface area contributed by atoms with Gasteiger partial charge in [-0.1, -0.05) is 125 Å². The van der Waals surface area contributed by atoms with Gasteiger partial charge in [0.05, 0.1) is 11.1 Å². The quantitative estimate of drug-likeness (QED) is 0.166. The van der Waals surface area contributed by atoms with Gasteiger partial charge in [-0.25, -0.2) is 4.98 Å². The summed E-state index contributed by atoms with van der Waals surface area (Å²) in [5.41, 5.74) is 14.4. The van der Waals surface area contributed by atoms with Crippen LogP contribution in [0, 0.1) is 45.2 Å². The molecule has 0 N–H and O–H groups in total. The van der Waals surface area contributed by atoms with Crippen molar-refractivity contribution in [1.82, 2.24) is 9.55 Å². The van der Waals surface area contributed by atoms with Gasteiger partial charge in [0.25, 0.3) is 0 Å². The second kappa shape index (κ2) is 12.9. The molecule has 9 rings (SSSR count). The van der Waals surface area contributed by atoms with E-state index >= 15 is 0 Å². The van der Waals surface area contributed by atoms with Crippen molar-refractivity contribution in [3.63, 3.8) is 0 Å². The van der Waals surface area contributed by atoms with E-state index in [0.717, 1.165) is 45.4 Å². The van der Waals surface area contributed by atoms with Crippen LogP contribution in [0.5, 0.6) is 11.5 Å². The number of rotatable bonds is 3. The third kappa shape index (κ3) is 5.94. The van der Waals surface area contributed by atoms with Gasteiger partial charge in [-0.2, -0.15) is 6.07 Å². The molecule has 3 aliphatic rings. The zero-order valence-electron chi connectivity index (χ0n) is 37.9. The minimum Gasteiger partial charge on any atom is -0.507 e. The van der Waals surface area contributed by atoms with Crippen LogP contribution in [-0.4, -0.2) is 21.0 Å². The Balaban J connectivity index is 0.00000484. The number of ether oxygens (including phenoxy) is 2. The van der Waals surface area contributed by atoms with Crippen molar-refractivity contribution in [2.24, 2.45) is 10.4 Å². The van der Waals surface area contributed by atoms with Gasteiger partial charge >= 0.3 is 21.1 Å². The van der Waals surface area contributed by atoms with Crippen molar-refractivity contribution in [3.8, 4) is 17.2 Å². The van der Waals surface area contributed by atoms with Crippen LogP contribution in [0.1, 0.15) is 144 Å². The number of pyridine rings is 1. The van der Waals surface area contributed by atoms with E-state index in [1.54, 1.807) is 0 Å². The molecule has 5 nitrogen and oxygen atoms in total. The van der Waals surface area contributed by atoms with Crippen LogP contribution in [0.4, 0.5) is 0 Å². The monoisotopic (exact) mass is 964 g/mol. The van der Waals surface area contributed by atoms with Crippen LogP contribution in [0.2, 0.25) is 0 Å². The average molecular weight is 965 g/mol. The molecule has 6 aromatic rings. The Morgan fingerprint density at radius 2 is 1.36 bits per heavy atom. The molecule has 0 fully saturated rings. The Bertz CT molecular complexity index is 2800. The maximum absolute atomic E-state index is 7.32. The van der Waals surface area contributed by atoms with E-state index in [2.05, 4.69) is 176 Å². The summed E-state index contributed by atoms with van der Waals surface area (Å²) in [6.45, 7) is 36.1. The molecule has 2 atom stereocenters. The van der Waals surface area contributed by atoms with Crippen LogP contribution in [0.15, 0.2) is 59.7 Å². The van der Waals surface area contributed by atoms with Crippen molar-refractivity contribution < 1.29 is 30.5 Å². The molecule has 4 heterocycles. The second-order valence-corrected chi connectivity index (χ2v) is 21.6. The summed E-state index contributed by atoms with van der Waals surface area (Å²) in [5, 5.41) is 2.39. The second-order valence-electron chi connectivity index (χ2n) is 21.6. The summed E-state index contributed by atoms with van der Waals surface area (Å²) in [7, 11) is 0. The predicted octanol–water partition coefficient (Wildman–Crippen LogP) is 13.1. The Labute approximate surface area is 366 Å². The number of hydrogen-bond donors (Lipinski definition) is 0. The number of nitrogens with zero attached hydrogens (tertiary/aromatic N) is 3. The van der Waals surface area contributed by atoms with E-state index in [1.165, 1.54) is 49.8 Å². The third-order valence-electron chi connectivity index (χ3n) is 13.7. The van der Waals surface area contributed by atoms with Crippen LogP contribution in [0.25, 0.3) is 27.6 Å². The number of aryl methyl sites for hydroxylation is 4. The SMILES string of the molecule is Cc1cnc2c(c1)c1cc(C(C)(C)C)cc3c1n2-c1[c-]c(Oc2[c-]c(C4=N[C@]5(C)Cc6cc(C)c(C)cc6[C@]5(C(C)(C)C)O4)cc(C(C)(C)C)c2)c(C)cc1C3(C)C.[Pt+2]. The van der Waals surface area contributed by atoms with Crippen LogP contribution in [-0.2, 0) is 54.1 Å². The standard InChI is InChI=1S/C53H59N3O2.Pt/c1-29-17-39-38-24-36(49(8,9)10)25-42-45(38)56(46(39)54-28-29)43-26-44(32(4)20-41(43)51(42,14)15)57-37-22-33(21-35(23-37)48(5,6)7)47-55-52(16)27-34-18-30(2)31(3)19-40(34)53(52,58-47)50(11,12)13;/h17-21,23-25,28H,27H2,1-16H3;/q-2;+2/t52-,53-;/m1./s1. The van der Waals surface area contributed by atoms with Gasteiger partial charge in [-0.3, -0.25) is 4.99 Å². The molecule has 0 spiro atoms. The molecule has 2 aromatic heterocycles. The molecule has 308 valence electrons. The molecule has 1 aliphatic carbocycles. The fraction of sp³-hybridized carbons (Fsp3) is 0.434. The normalized spacial score (nSPS) is 20.5. The third-order valence-corrected chi connectivity index (χ3v) is 13.7. The van der Waals surface area contributed by atoms with Crippen molar-refractivity contribution in [3.05, 3.63) is 128 Å². The first kappa shape index (κ1) is 41.5. The number of fused-ring (bicyclic) bond motifs is 8. The molecular weight excluding hydrogens is 906 g/mol. The fourth-order valence-corrected chi connectivity index (χ4v) is 10.3. The molecule has 0 bridgehead atoms. The minimum atomic E-state index is -0.632. The minimum absolute atomic E-state index is 0. The van der Waals surface area contributed by atoms with E-state index in [9.17, 15) is 0 Å². The first-order valence-corrected chi connectivity index (χ1v) is 21.0. The van der Waals surface area contributed by atoms with Gasteiger partial charge in [0.15, 0.2) is 5.60 Å². The predicted molar refractivity (Wildman–Crippen MR) is 239 cm³/mol. The van der Waals surface area contributed by atoms with Crippen molar-refractivity contribution >= 4 is 27.8 Å². The maximum Gasteiger partial charge on any atom is 2.00 e. The molecule has 59 heavy (non-hydrogen) atoms. The van der Waals surface area contributed by atoms with Gasteiger partial charge in [0.1, 0.15) is 11.5 Å². The summed E-state index contributed by atoms with van der Waals surface area (Å²) >= 11 is 0. The molecule has 2 aliphatic heterocycles. The molecular formula is C53H59N3O2Pt. The molecule has 0 radical (unpaired) electrons. The number of hydrogen-bond acceptors (Lipinski definition) is 4. The fourth-order valence-electron chi connectivity index (χ4n) is 10.3. The first-order valence-electron chi connectivity index (χ1n) is 21.0. The Hall–Kier alpha value is -4.21.